The Hall–Kier alpha value is -3.28. The van der Waals surface area contributed by atoms with E-state index in [1.54, 1.807) is 6.26 Å². The Bertz CT molecular complexity index is 1090. The molecule has 6 heteroatoms. The third-order valence-corrected chi connectivity index (χ3v) is 5.08. The van der Waals surface area contributed by atoms with Crippen LogP contribution in [0.5, 0.6) is 0 Å². The van der Waals surface area contributed by atoms with Gasteiger partial charge in [0.2, 0.25) is 5.91 Å². The van der Waals surface area contributed by atoms with E-state index >= 15 is 0 Å². The van der Waals surface area contributed by atoms with E-state index in [-0.39, 0.29) is 5.91 Å². The number of para-hydroxylation sites is 2. The van der Waals surface area contributed by atoms with Crippen molar-refractivity contribution in [2.45, 2.75) is 40.2 Å². The number of fused-ring (bicyclic) bond motifs is 1. The van der Waals surface area contributed by atoms with Crippen LogP contribution in [0.4, 0.5) is 5.82 Å². The molecule has 2 N–H and O–H groups in total. The van der Waals surface area contributed by atoms with Crippen LogP contribution in [-0.4, -0.2) is 20.4 Å². The summed E-state index contributed by atoms with van der Waals surface area (Å²) in [5.41, 5.74) is 4.94. The van der Waals surface area contributed by atoms with E-state index in [1.807, 2.05) is 43.3 Å². The fourth-order valence-electron chi connectivity index (χ4n) is 3.53. The Morgan fingerprint density at radius 1 is 1.21 bits per heavy atom. The Morgan fingerprint density at radius 3 is 2.75 bits per heavy atom. The van der Waals surface area contributed by atoms with E-state index in [2.05, 4.69) is 28.7 Å². The van der Waals surface area contributed by atoms with Crippen LogP contribution in [-0.2, 0) is 11.3 Å². The second-order valence-electron chi connectivity index (χ2n) is 7.00. The first kappa shape index (κ1) is 18.1. The minimum Gasteiger partial charge on any atom is -0.467 e. The van der Waals surface area contributed by atoms with Gasteiger partial charge in [0.25, 0.3) is 0 Å². The molecule has 0 bridgehead atoms. The molecule has 3 aromatic heterocycles. The molecule has 0 radical (unpaired) electrons. The van der Waals surface area contributed by atoms with Crippen molar-refractivity contribution >= 4 is 22.8 Å². The Balaban J connectivity index is 1.87. The maximum Gasteiger partial charge on any atom is 0.225 e. The number of H-pyrrole nitrogens is 1. The van der Waals surface area contributed by atoms with Gasteiger partial charge in [0.15, 0.2) is 0 Å². The maximum atomic E-state index is 12.5. The topological polar surface area (TPSA) is 75.8 Å². The van der Waals surface area contributed by atoms with Crippen LogP contribution in [0.1, 0.15) is 36.8 Å². The molecule has 3 heterocycles. The quantitative estimate of drug-likeness (QED) is 0.496. The molecule has 0 aliphatic carbocycles. The predicted octanol–water partition coefficient (Wildman–Crippen LogP) is 5.03. The lowest BCUT2D eigenvalue weighted by atomic mass is 10.1. The lowest BCUT2D eigenvalue weighted by Crippen LogP contribution is -2.16. The average molecular weight is 376 g/mol. The Labute approximate surface area is 163 Å². The van der Waals surface area contributed by atoms with Gasteiger partial charge in [-0.05, 0) is 50.1 Å². The summed E-state index contributed by atoms with van der Waals surface area (Å²) < 4.78 is 7.63. The zero-order valence-electron chi connectivity index (χ0n) is 16.4. The molecule has 0 saturated carbocycles. The molecule has 6 nitrogen and oxygen atoms in total. The number of aromatic amines is 1. The van der Waals surface area contributed by atoms with Crippen LogP contribution in [0.2, 0.25) is 0 Å². The number of nitrogens with one attached hydrogen (secondary N) is 2. The number of aromatic nitrogens is 3. The Kier molecular flexibility index (Phi) is 4.77. The number of carbonyl (C=O) groups is 1. The van der Waals surface area contributed by atoms with Gasteiger partial charge in [0.05, 0.1) is 29.4 Å². The van der Waals surface area contributed by atoms with Gasteiger partial charge < -0.3 is 19.3 Å². The lowest BCUT2D eigenvalue weighted by molar-refractivity contribution is -0.116. The molecule has 0 aliphatic heterocycles. The highest BCUT2D eigenvalue weighted by atomic mass is 16.3. The van der Waals surface area contributed by atoms with E-state index in [1.165, 1.54) is 0 Å². The van der Waals surface area contributed by atoms with Gasteiger partial charge in [-0.3, -0.25) is 4.79 Å². The molecular formula is C22H24N4O2. The number of anilines is 1. The minimum absolute atomic E-state index is 0.00180. The van der Waals surface area contributed by atoms with Crippen LogP contribution < -0.4 is 5.32 Å². The van der Waals surface area contributed by atoms with Gasteiger partial charge in [0.1, 0.15) is 17.4 Å². The van der Waals surface area contributed by atoms with Gasteiger partial charge in [-0.15, -0.1) is 0 Å². The zero-order chi connectivity index (χ0) is 19.7. The SMILES string of the molecule is CCCC(=O)Nc1c(-c2nc3ccccc3[nH]2)c(C)c(C)n1Cc1ccco1. The van der Waals surface area contributed by atoms with Crippen LogP contribution >= 0.6 is 0 Å². The van der Waals surface area contributed by atoms with Crippen LogP contribution in [0.25, 0.3) is 22.4 Å². The zero-order valence-corrected chi connectivity index (χ0v) is 16.4. The van der Waals surface area contributed by atoms with Gasteiger partial charge in [-0.1, -0.05) is 19.1 Å². The standard InChI is InChI=1S/C22H24N4O2/c1-4-8-19(27)25-22-20(21-23-17-10-5-6-11-18(17)24-21)14(2)15(3)26(22)13-16-9-7-12-28-16/h5-7,9-12H,4,8,13H2,1-3H3,(H,23,24)(H,25,27). The molecule has 1 aromatic carbocycles. The predicted molar refractivity (Wildman–Crippen MR) is 110 cm³/mol. The van der Waals surface area contributed by atoms with Crippen LogP contribution in [0.3, 0.4) is 0 Å². The van der Waals surface area contributed by atoms with Crippen LogP contribution in [0, 0.1) is 13.8 Å². The van der Waals surface area contributed by atoms with Crippen molar-refractivity contribution in [2.24, 2.45) is 0 Å². The van der Waals surface area contributed by atoms with E-state index < -0.39 is 0 Å². The van der Waals surface area contributed by atoms with Crippen molar-refractivity contribution in [3.05, 3.63) is 59.7 Å². The molecular weight excluding hydrogens is 352 g/mol. The molecule has 144 valence electrons. The van der Waals surface area contributed by atoms with Gasteiger partial charge in [-0.25, -0.2) is 4.98 Å². The highest BCUT2D eigenvalue weighted by molar-refractivity contribution is 5.95. The number of rotatable bonds is 6. The maximum absolute atomic E-state index is 12.5. The van der Waals surface area contributed by atoms with E-state index in [0.717, 1.165) is 51.7 Å². The molecule has 0 spiro atoms. The van der Waals surface area contributed by atoms with Crippen molar-refractivity contribution in [3.8, 4) is 11.4 Å². The molecule has 4 rings (SSSR count). The first-order chi connectivity index (χ1) is 13.6. The third kappa shape index (κ3) is 3.22. The molecule has 0 atom stereocenters. The molecule has 0 aliphatic rings. The summed E-state index contributed by atoms with van der Waals surface area (Å²) in [7, 11) is 0. The summed E-state index contributed by atoms with van der Waals surface area (Å²) in [5, 5.41) is 3.12. The second-order valence-corrected chi connectivity index (χ2v) is 7.00. The molecule has 4 aromatic rings. The van der Waals surface area contributed by atoms with E-state index in [9.17, 15) is 4.79 Å². The molecule has 28 heavy (non-hydrogen) atoms. The number of furan rings is 1. The van der Waals surface area contributed by atoms with Gasteiger partial charge >= 0.3 is 0 Å². The third-order valence-electron chi connectivity index (χ3n) is 5.08. The van der Waals surface area contributed by atoms with Crippen molar-refractivity contribution in [3.63, 3.8) is 0 Å². The van der Waals surface area contributed by atoms with Gasteiger partial charge in [0, 0.05) is 12.1 Å². The van der Waals surface area contributed by atoms with Crippen molar-refractivity contribution < 1.29 is 9.21 Å². The molecule has 1 amide bonds. The summed E-state index contributed by atoms with van der Waals surface area (Å²) in [5.74, 6) is 2.34. The minimum atomic E-state index is -0.00180. The highest BCUT2D eigenvalue weighted by Crippen LogP contribution is 2.36. The largest absolute Gasteiger partial charge is 0.467 e. The molecule has 0 fully saturated rings. The fourth-order valence-corrected chi connectivity index (χ4v) is 3.53. The summed E-state index contributed by atoms with van der Waals surface area (Å²) in [4.78, 5) is 20.6. The number of imidazole rings is 1. The average Bonchev–Trinajstić information content (AvgIpc) is 3.38. The number of hydrogen-bond donors (Lipinski definition) is 2. The monoisotopic (exact) mass is 376 g/mol. The number of benzene rings is 1. The smallest absolute Gasteiger partial charge is 0.225 e. The Morgan fingerprint density at radius 2 is 2.04 bits per heavy atom. The summed E-state index contributed by atoms with van der Waals surface area (Å²) >= 11 is 0. The van der Waals surface area contributed by atoms with E-state index in [0.29, 0.717) is 13.0 Å². The number of carbonyl (C=O) groups excluding carboxylic acids is 1. The summed E-state index contributed by atoms with van der Waals surface area (Å²) in [6.07, 6.45) is 2.93. The summed E-state index contributed by atoms with van der Waals surface area (Å²) in [6, 6.07) is 11.7. The number of nitrogens with zero attached hydrogens (tertiary/aromatic N) is 2. The highest BCUT2D eigenvalue weighted by Gasteiger charge is 2.23. The normalized spacial score (nSPS) is 11.2. The number of amides is 1. The molecule has 0 saturated heterocycles. The van der Waals surface area contributed by atoms with Crippen molar-refractivity contribution in [1.29, 1.82) is 0 Å². The van der Waals surface area contributed by atoms with Gasteiger partial charge in [-0.2, -0.15) is 0 Å². The van der Waals surface area contributed by atoms with E-state index in [4.69, 9.17) is 9.40 Å². The van der Waals surface area contributed by atoms with Crippen molar-refractivity contribution in [1.82, 2.24) is 14.5 Å². The first-order valence-electron chi connectivity index (χ1n) is 9.55. The van der Waals surface area contributed by atoms with Crippen LogP contribution in [0.15, 0.2) is 47.1 Å². The fraction of sp³-hybridized carbons (Fsp3) is 0.273. The first-order valence-corrected chi connectivity index (χ1v) is 9.55. The summed E-state index contributed by atoms with van der Waals surface area (Å²) in [6.45, 7) is 6.66. The lowest BCUT2D eigenvalue weighted by Gasteiger charge is -2.12. The number of hydrogen-bond acceptors (Lipinski definition) is 3. The second kappa shape index (κ2) is 7.38. The molecule has 0 unspecified atom stereocenters. The van der Waals surface area contributed by atoms with Crippen molar-refractivity contribution in [2.75, 3.05) is 5.32 Å².